The van der Waals surface area contributed by atoms with Crippen LogP contribution in [0.5, 0.6) is 0 Å². The van der Waals surface area contributed by atoms with Crippen molar-refractivity contribution in [1.29, 1.82) is 0 Å². The van der Waals surface area contributed by atoms with E-state index in [1.165, 1.54) is 44.1 Å². The Hall–Kier alpha value is 0.440. The molecule has 2 aliphatic carbocycles. The number of hydrogen-bond acceptors (Lipinski definition) is 1. The van der Waals surface area contributed by atoms with E-state index in [9.17, 15) is 0 Å². The van der Waals surface area contributed by atoms with Crippen LogP contribution in [0.1, 0.15) is 51.4 Å². The van der Waals surface area contributed by atoms with E-state index in [4.69, 9.17) is 0 Å². The summed E-state index contributed by atoms with van der Waals surface area (Å²) in [5.41, 5.74) is 0. The number of fused-ring (bicyclic) bond motifs is 2. The van der Waals surface area contributed by atoms with Gasteiger partial charge in [-0.1, -0.05) is 22.4 Å². The Bertz CT molecular complexity index is 255. The van der Waals surface area contributed by atoms with Gasteiger partial charge in [0.05, 0.1) is 0 Å². The summed E-state index contributed by atoms with van der Waals surface area (Å²) in [4.78, 5) is 2.84. The van der Waals surface area contributed by atoms with E-state index in [0.29, 0.717) is 0 Å². The van der Waals surface area contributed by atoms with Crippen molar-refractivity contribution < 1.29 is 0 Å². The minimum Gasteiger partial charge on any atom is -0.300 e. The van der Waals surface area contributed by atoms with E-state index in [2.05, 4.69) is 20.8 Å². The molecule has 0 spiro atoms. The number of hydrogen-bond donors (Lipinski definition) is 0. The fraction of sp³-hybridized carbons (Fsp3) is 1.00. The maximum atomic E-state index is 3.57. The Balaban J connectivity index is 1.50. The molecular weight excluding hydrogens is 274 g/mol. The second-order valence-corrected chi connectivity index (χ2v) is 7.35. The van der Waals surface area contributed by atoms with Crippen LogP contribution in [0.15, 0.2) is 0 Å². The highest BCUT2D eigenvalue weighted by molar-refractivity contribution is 9.09. The van der Waals surface area contributed by atoms with Gasteiger partial charge in [0.1, 0.15) is 0 Å². The molecule has 2 heteroatoms. The third kappa shape index (κ3) is 2.73. The number of nitrogens with zero attached hydrogens (tertiary/aromatic N) is 1. The Morgan fingerprint density at radius 1 is 1.12 bits per heavy atom. The molecule has 1 saturated heterocycles. The van der Waals surface area contributed by atoms with Crippen LogP contribution < -0.4 is 0 Å². The number of halogens is 1. The number of alkyl halides is 1. The van der Waals surface area contributed by atoms with E-state index in [-0.39, 0.29) is 0 Å². The molecule has 17 heavy (non-hydrogen) atoms. The van der Waals surface area contributed by atoms with Crippen LogP contribution in [0, 0.1) is 17.8 Å². The van der Waals surface area contributed by atoms with Gasteiger partial charge in [-0.15, -0.1) is 0 Å². The molecule has 0 amide bonds. The smallest absolute Gasteiger partial charge is 0.00961 e. The molecule has 98 valence electrons. The van der Waals surface area contributed by atoms with Crippen LogP contribution in [0.3, 0.4) is 0 Å². The lowest BCUT2D eigenvalue weighted by Gasteiger charge is -2.31. The topological polar surface area (TPSA) is 3.24 Å². The van der Waals surface area contributed by atoms with Gasteiger partial charge in [-0.3, -0.25) is 0 Å². The highest BCUT2D eigenvalue weighted by atomic mass is 79.9. The summed E-state index contributed by atoms with van der Waals surface area (Å²) in [7, 11) is 0. The summed E-state index contributed by atoms with van der Waals surface area (Å²) in [5, 5.41) is 1.19. The maximum Gasteiger partial charge on any atom is 0.00961 e. The zero-order valence-corrected chi connectivity index (χ0v) is 12.5. The molecule has 2 bridgehead atoms. The van der Waals surface area contributed by atoms with Crippen molar-refractivity contribution in [3.8, 4) is 0 Å². The summed E-state index contributed by atoms with van der Waals surface area (Å²) >= 11 is 3.57. The molecule has 4 unspecified atom stereocenters. The third-order valence-corrected chi connectivity index (χ3v) is 6.08. The lowest BCUT2D eigenvalue weighted by molar-refractivity contribution is 0.171. The SMILES string of the molecule is BrCCCC1CCCN1CC1CC2CCC1C2. The molecule has 4 atom stereocenters. The van der Waals surface area contributed by atoms with Gasteiger partial charge in [0.2, 0.25) is 0 Å². The largest absolute Gasteiger partial charge is 0.300 e. The molecular formula is C15H26BrN. The van der Waals surface area contributed by atoms with E-state index < -0.39 is 0 Å². The van der Waals surface area contributed by atoms with Gasteiger partial charge in [0.15, 0.2) is 0 Å². The van der Waals surface area contributed by atoms with E-state index in [0.717, 1.165) is 23.8 Å². The standard InChI is InChI=1S/C15H26BrN/c16-7-1-3-15-4-2-8-17(15)11-14-10-12-5-6-13(14)9-12/h12-15H,1-11H2. The first-order valence-corrected chi connectivity index (χ1v) is 8.79. The van der Waals surface area contributed by atoms with E-state index >= 15 is 0 Å². The van der Waals surface area contributed by atoms with Gasteiger partial charge >= 0.3 is 0 Å². The highest BCUT2D eigenvalue weighted by Crippen LogP contribution is 2.48. The average molecular weight is 300 g/mol. The maximum absolute atomic E-state index is 3.57. The predicted molar refractivity (Wildman–Crippen MR) is 76.6 cm³/mol. The highest BCUT2D eigenvalue weighted by Gasteiger charge is 2.41. The lowest BCUT2D eigenvalue weighted by atomic mass is 9.88. The summed E-state index contributed by atoms with van der Waals surface area (Å²) in [5.74, 6) is 3.30. The summed E-state index contributed by atoms with van der Waals surface area (Å²) < 4.78 is 0. The molecule has 3 fully saturated rings. The Morgan fingerprint density at radius 2 is 2.06 bits per heavy atom. The number of likely N-dealkylation sites (tertiary alicyclic amines) is 1. The van der Waals surface area contributed by atoms with Crippen LogP contribution in [-0.4, -0.2) is 29.4 Å². The van der Waals surface area contributed by atoms with Crippen molar-refractivity contribution in [2.75, 3.05) is 18.4 Å². The van der Waals surface area contributed by atoms with Gasteiger partial charge in [-0.25, -0.2) is 0 Å². The molecule has 3 aliphatic rings. The van der Waals surface area contributed by atoms with E-state index in [1.54, 1.807) is 25.7 Å². The first-order chi connectivity index (χ1) is 8.36. The molecule has 1 aliphatic heterocycles. The minimum atomic E-state index is 0.923. The fourth-order valence-electron chi connectivity index (χ4n) is 4.68. The molecule has 0 aromatic rings. The Morgan fingerprint density at radius 3 is 2.76 bits per heavy atom. The van der Waals surface area contributed by atoms with Gasteiger partial charge < -0.3 is 4.90 Å². The quantitative estimate of drug-likeness (QED) is 0.692. The van der Waals surface area contributed by atoms with Gasteiger partial charge in [0.25, 0.3) is 0 Å². The van der Waals surface area contributed by atoms with Crippen LogP contribution in [0.2, 0.25) is 0 Å². The zero-order chi connectivity index (χ0) is 11.7. The summed E-state index contributed by atoms with van der Waals surface area (Å²) in [6.45, 7) is 2.83. The Kier molecular flexibility index (Phi) is 4.11. The third-order valence-electron chi connectivity index (χ3n) is 5.52. The Labute approximate surface area is 114 Å². The van der Waals surface area contributed by atoms with Crippen molar-refractivity contribution >= 4 is 15.9 Å². The predicted octanol–water partition coefficient (Wildman–Crippen LogP) is 4.06. The number of rotatable bonds is 5. The minimum absolute atomic E-state index is 0.923. The van der Waals surface area contributed by atoms with Gasteiger partial charge in [-0.2, -0.15) is 0 Å². The second kappa shape index (κ2) is 5.61. The van der Waals surface area contributed by atoms with Crippen LogP contribution in [0.25, 0.3) is 0 Å². The van der Waals surface area contributed by atoms with Crippen LogP contribution >= 0.6 is 15.9 Å². The molecule has 0 N–H and O–H groups in total. The molecule has 3 rings (SSSR count). The van der Waals surface area contributed by atoms with Crippen molar-refractivity contribution in [3.63, 3.8) is 0 Å². The van der Waals surface area contributed by atoms with Gasteiger partial charge in [0, 0.05) is 17.9 Å². The zero-order valence-electron chi connectivity index (χ0n) is 10.9. The van der Waals surface area contributed by atoms with Crippen molar-refractivity contribution in [2.24, 2.45) is 17.8 Å². The first-order valence-electron chi connectivity index (χ1n) is 7.67. The van der Waals surface area contributed by atoms with Crippen LogP contribution in [-0.2, 0) is 0 Å². The molecule has 0 aromatic carbocycles. The van der Waals surface area contributed by atoms with Gasteiger partial charge in [-0.05, 0) is 69.2 Å². The van der Waals surface area contributed by atoms with Crippen molar-refractivity contribution in [3.05, 3.63) is 0 Å². The van der Waals surface area contributed by atoms with E-state index in [1.807, 2.05) is 0 Å². The average Bonchev–Trinajstić information content (AvgIpc) is 3.02. The molecule has 0 radical (unpaired) electrons. The van der Waals surface area contributed by atoms with Crippen molar-refractivity contribution in [1.82, 2.24) is 4.90 Å². The molecule has 1 nitrogen and oxygen atoms in total. The van der Waals surface area contributed by atoms with Crippen LogP contribution in [0.4, 0.5) is 0 Å². The molecule has 0 aromatic heterocycles. The normalized spacial score (nSPS) is 41.5. The molecule has 1 heterocycles. The second-order valence-electron chi connectivity index (χ2n) is 6.56. The fourth-order valence-corrected chi connectivity index (χ4v) is 5.00. The lowest BCUT2D eigenvalue weighted by Crippen LogP contribution is -2.35. The summed E-state index contributed by atoms with van der Waals surface area (Å²) in [6.07, 6.45) is 11.9. The van der Waals surface area contributed by atoms with Crippen molar-refractivity contribution in [2.45, 2.75) is 57.4 Å². The first kappa shape index (κ1) is 12.5. The monoisotopic (exact) mass is 299 g/mol. The summed E-state index contributed by atoms with van der Waals surface area (Å²) in [6, 6.07) is 0.923. The molecule has 2 saturated carbocycles.